The van der Waals surface area contributed by atoms with E-state index in [1.807, 2.05) is 0 Å². The smallest absolute Gasteiger partial charge is 0.303 e. The van der Waals surface area contributed by atoms with Crippen LogP contribution in [-0.2, 0) is 9.59 Å². The Hall–Kier alpha value is -1.12. The number of aliphatic carboxylic acids is 1. The molecule has 0 heterocycles. The fraction of sp³-hybridized carbons (Fsp3) is 0.667. The van der Waals surface area contributed by atoms with Crippen molar-refractivity contribution in [2.45, 2.75) is 51.4 Å². The number of hydrogen-bond acceptors (Lipinski definition) is 2. The molecule has 1 N–H and O–H groups in total. The molecule has 0 aromatic carbocycles. The largest absolute Gasteiger partial charge is 0.481 e. The molecule has 0 saturated carbocycles. The van der Waals surface area contributed by atoms with Crippen LogP contribution in [-0.4, -0.2) is 16.9 Å². The van der Waals surface area contributed by atoms with Gasteiger partial charge in [0.2, 0.25) is 0 Å². The molecule has 0 aliphatic carbocycles. The Morgan fingerprint density at radius 1 is 0.933 bits per heavy atom. The van der Waals surface area contributed by atoms with Crippen molar-refractivity contribution in [3.63, 3.8) is 0 Å². The predicted molar refractivity (Wildman–Crippen MR) is 59.8 cm³/mol. The second-order valence-electron chi connectivity index (χ2n) is 3.69. The van der Waals surface area contributed by atoms with Crippen LogP contribution in [0, 0.1) is 0 Å². The van der Waals surface area contributed by atoms with E-state index in [4.69, 9.17) is 5.11 Å². The first-order chi connectivity index (χ1) is 7.16. The average molecular weight is 212 g/mol. The zero-order valence-corrected chi connectivity index (χ0v) is 9.21. The second kappa shape index (κ2) is 9.44. The summed E-state index contributed by atoms with van der Waals surface area (Å²) in [4.78, 5) is 21.0. The highest BCUT2D eigenvalue weighted by molar-refractivity contribution is 5.88. The Morgan fingerprint density at radius 3 is 1.87 bits per heavy atom. The highest BCUT2D eigenvalue weighted by atomic mass is 16.4. The molecule has 3 nitrogen and oxygen atoms in total. The van der Waals surface area contributed by atoms with Crippen molar-refractivity contribution in [3.05, 3.63) is 12.7 Å². The lowest BCUT2D eigenvalue weighted by atomic mass is 10.1. The quantitative estimate of drug-likeness (QED) is 0.447. The molecule has 0 aliphatic rings. The van der Waals surface area contributed by atoms with E-state index in [2.05, 4.69) is 6.58 Å². The van der Waals surface area contributed by atoms with Crippen molar-refractivity contribution in [2.75, 3.05) is 0 Å². The molecule has 86 valence electrons. The minimum atomic E-state index is -0.716. The van der Waals surface area contributed by atoms with E-state index in [-0.39, 0.29) is 12.2 Å². The third-order valence-electron chi connectivity index (χ3n) is 2.29. The van der Waals surface area contributed by atoms with Gasteiger partial charge >= 0.3 is 5.97 Å². The Morgan fingerprint density at radius 2 is 1.40 bits per heavy atom. The molecule has 0 bridgehead atoms. The normalized spacial score (nSPS) is 9.87. The van der Waals surface area contributed by atoms with Gasteiger partial charge in [-0.25, -0.2) is 0 Å². The van der Waals surface area contributed by atoms with E-state index in [0.29, 0.717) is 6.42 Å². The third kappa shape index (κ3) is 10.8. The van der Waals surface area contributed by atoms with Crippen LogP contribution in [0.1, 0.15) is 51.4 Å². The highest BCUT2D eigenvalue weighted by Crippen LogP contribution is 2.08. The highest BCUT2D eigenvalue weighted by Gasteiger charge is 1.97. The van der Waals surface area contributed by atoms with Gasteiger partial charge in [0.05, 0.1) is 0 Å². The number of allylic oxidation sites excluding steroid dienone is 1. The molecule has 3 heteroatoms. The standard InChI is InChI=1S/C12H20O3/c1-2-11(13)9-7-5-3-4-6-8-10-12(14)15/h2H,1,3-10H2,(H,14,15). The van der Waals surface area contributed by atoms with Crippen LogP contribution in [0.15, 0.2) is 12.7 Å². The SMILES string of the molecule is C=CC(=O)CCCCCCCCC(=O)O. The average Bonchev–Trinajstić information content (AvgIpc) is 2.21. The maximum absolute atomic E-state index is 10.8. The van der Waals surface area contributed by atoms with Gasteiger partial charge in [0.15, 0.2) is 5.78 Å². The van der Waals surface area contributed by atoms with Crippen molar-refractivity contribution in [3.8, 4) is 0 Å². The first-order valence-electron chi connectivity index (χ1n) is 5.54. The number of carboxylic acids is 1. The summed E-state index contributed by atoms with van der Waals surface area (Å²) in [6, 6.07) is 0. The lowest BCUT2D eigenvalue weighted by molar-refractivity contribution is -0.137. The van der Waals surface area contributed by atoms with Crippen LogP contribution in [0.3, 0.4) is 0 Å². The van der Waals surface area contributed by atoms with Gasteiger partial charge < -0.3 is 5.11 Å². The number of carbonyl (C=O) groups excluding carboxylic acids is 1. The second-order valence-corrected chi connectivity index (χ2v) is 3.69. The summed E-state index contributed by atoms with van der Waals surface area (Å²) in [7, 11) is 0. The van der Waals surface area contributed by atoms with Crippen LogP contribution >= 0.6 is 0 Å². The Kier molecular flexibility index (Phi) is 8.73. The topological polar surface area (TPSA) is 54.4 Å². The van der Waals surface area contributed by atoms with Crippen LogP contribution in [0.25, 0.3) is 0 Å². The first kappa shape index (κ1) is 13.9. The molecule has 0 aromatic heterocycles. The van der Waals surface area contributed by atoms with Gasteiger partial charge in [0.25, 0.3) is 0 Å². The molecule has 0 spiro atoms. The van der Waals surface area contributed by atoms with E-state index in [1.54, 1.807) is 0 Å². The fourth-order valence-electron chi connectivity index (χ4n) is 1.38. The summed E-state index contributed by atoms with van der Waals surface area (Å²) in [5.74, 6) is -0.604. The van der Waals surface area contributed by atoms with E-state index in [9.17, 15) is 9.59 Å². The third-order valence-corrected chi connectivity index (χ3v) is 2.29. The van der Waals surface area contributed by atoms with E-state index in [0.717, 1.165) is 38.5 Å². The molecular weight excluding hydrogens is 192 g/mol. The van der Waals surface area contributed by atoms with Crippen molar-refractivity contribution in [1.29, 1.82) is 0 Å². The van der Waals surface area contributed by atoms with Gasteiger partial charge in [-0.3, -0.25) is 9.59 Å². The number of carboxylic acid groups (broad SMARTS) is 1. The van der Waals surface area contributed by atoms with Gasteiger partial charge in [-0.15, -0.1) is 0 Å². The zero-order valence-electron chi connectivity index (χ0n) is 9.21. The molecule has 0 aromatic rings. The maximum atomic E-state index is 10.8. The number of hydrogen-bond donors (Lipinski definition) is 1. The molecule has 0 saturated heterocycles. The summed E-state index contributed by atoms with van der Waals surface area (Å²) >= 11 is 0. The van der Waals surface area contributed by atoms with Crippen molar-refractivity contribution in [2.24, 2.45) is 0 Å². The Labute approximate surface area is 91.2 Å². The van der Waals surface area contributed by atoms with Crippen LogP contribution in [0.5, 0.6) is 0 Å². The monoisotopic (exact) mass is 212 g/mol. The molecule has 0 amide bonds. The predicted octanol–water partition coefficient (Wildman–Crippen LogP) is 2.95. The number of unbranched alkanes of at least 4 members (excludes halogenated alkanes) is 5. The molecule has 0 radical (unpaired) electrons. The van der Waals surface area contributed by atoms with E-state index >= 15 is 0 Å². The van der Waals surface area contributed by atoms with Gasteiger partial charge in [-0.2, -0.15) is 0 Å². The number of ketones is 1. The van der Waals surface area contributed by atoms with Gasteiger partial charge in [-0.1, -0.05) is 32.3 Å². The van der Waals surface area contributed by atoms with Gasteiger partial charge in [-0.05, 0) is 18.9 Å². The zero-order chi connectivity index (χ0) is 11.5. The molecule has 15 heavy (non-hydrogen) atoms. The van der Waals surface area contributed by atoms with E-state index in [1.165, 1.54) is 6.08 Å². The summed E-state index contributed by atoms with van der Waals surface area (Å²) in [6.45, 7) is 3.41. The van der Waals surface area contributed by atoms with Crippen molar-refractivity contribution < 1.29 is 14.7 Å². The van der Waals surface area contributed by atoms with Gasteiger partial charge in [0, 0.05) is 12.8 Å². The number of carbonyl (C=O) groups is 2. The van der Waals surface area contributed by atoms with Gasteiger partial charge in [0.1, 0.15) is 0 Å². The van der Waals surface area contributed by atoms with Crippen LogP contribution < -0.4 is 0 Å². The lowest BCUT2D eigenvalue weighted by Gasteiger charge is -1.99. The summed E-state index contributed by atoms with van der Waals surface area (Å²) < 4.78 is 0. The maximum Gasteiger partial charge on any atom is 0.303 e. The summed E-state index contributed by atoms with van der Waals surface area (Å²) in [5, 5.41) is 8.40. The molecule has 0 aliphatic heterocycles. The molecule has 0 rings (SSSR count). The molecule has 0 unspecified atom stereocenters. The van der Waals surface area contributed by atoms with Crippen LogP contribution in [0.4, 0.5) is 0 Å². The molecular formula is C12H20O3. The minimum absolute atomic E-state index is 0.112. The lowest BCUT2D eigenvalue weighted by Crippen LogP contribution is -1.94. The Bertz CT molecular complexity index is 209. The first-order valence-corrected chi connectivity index (χ1v) is 5.54. The van der Waals surface area contributed by atoms with Crippen molar-refractivity contribution in [1.82, 2.24) is 0 Å². The molecule has 0 atom stereocenters. The van der Waals surface area contributed by atoms with E-state index < -0.39 is 5.97 Å². The summed E-state index contributed by atoms with van der Waals surface area (Å²) in [5.41, 5.74) is 0. The van der Waals surface area contributed by atoms with Crippen LogP contribution in [0.2, 0.25) is 0 Å². The Balaban J connectivity index is 3.08. The molecule has 0 fully saturated rings. The fourth-order valence-corrected chi connectivity index (χ4v) is 1.38. The van der Waals surface area contributed by atoms with Crippen molar-refractivity contribution >= 4 is 11.8 Å². The summed E-state index contributed by atoms with van der Waals surface area (Å²) in [6.07, 6.45) is 8.10. The number of rotatable bonds is 10. The minimum Gasteiger partial charge on any atom is -0.481 e.